The van der Waals surface area contributed by atoms with Gasteiger partial charge in [0.15, 0.2) is 0 Å². The van der Waals surface area contributed by atoms with Gasteiger partial charge in [0.25, 0.3) is 0 Å². The van der Waals surface area contributed by atoms with E-state index in [-0.39, 0.29) is 5.69 Å². The Balaban J connectivity index is 1.63. The highest BCUT2D eigenvalue weighted by molar-refractivity contribution is 5.77. The first-order chi connectivity index (χ1) is 13.5. The van der Waals surface area contributed by atoms with E-state index in [1.165, 1.54) is 35.4 Å². The van der Waals surface area contributed by atoms with E-state index in [1.807, 2.05) is 20.2 Å². The van der Waals surface area contributed by atoms with Crippen molar-refractivity contribution < 1.29 is 0 Å². The van der Waals surface area contributed by atoms with Gasteiger partial charge in [0.1, 0.15) is 5.82 Å². The van der Waals surface area contributed by atoms with Crippen molar-refractivity contribution in [3.63, 3.8) is 0 Å². The smallest absolute Gasteiger partial charge is 0.324 e. The lowest BCUT2D eigenvalue weighted by Crippen LogP contribution is -2.19. The average molecular weight is 372 g/mol. The van der Waals surface area contributed by atoms with Gasteiger partial charge in [0.2, 0.25) is 0 Å². The molecule has 2 aromatic heterocycles. The summed E-state index contributed by atoms with van der Waals surface area (Å²) in [7, 11) is 3.65. The fourth-order valence-corrected chi connectivity index (χ4v) is 4.16. The summed E-state index contributed by atoms with van der Waals surface area (Å²) in [6.45, 7) is 2.84. The van der Waals surface area contributed by atoms with Crippen molar-refractivity contribution >= 4 is 11.0 Å². The third-order valence-corrected chi connectivity index (χ3v) is 5.87. The quantitative estimate of drug-likeness (QED) is 0.544. The number of fused-ring (bicyclic) bond motifs is 1. The van der Waals surface area contributed by atoms with Gasteiger partial charge in [-0.25, -0.2) is 9.78 Å². The number of aryl methyl sites for hydroxylation is 3. The number of imidazole rings is 2. The summed E-state index contributed by atoms with van der Waals surface area (Å²) in [5.74, 6) is 1.63. The molecular weight excluding hydrogens is 348 g/mol. The van der Waals surface area contributed by atoms with Crippen molar-refractivity contribution in [3.05, 3.63) is 76.1 Å². The van der Waals surface area contributed by atoms with Crippen LogP contribution < -0.4 is 5.69 Å². The van der Waals surface area contributed by atoms with E-state index >= 15 is 0 Å². The molecule has 0 radical (unpaired) electrons. The van der Waals surface area contributed by atoms with Crippen LogP contribution in [0.4, 0.5) is 0 Å². The molecule has 2 heterocycles. The number of aromatic nitrogens is 4. The molecule has 0 bridgehead atoms. The highest BCUT2D eigenvalue weighted by Crippen LogP contribution is 2.44. The van der Waals surface area contributed by atoms with E-state index < -0.39 is 0 Å². The van der Waals surface area contributed by atoms with Gasteiger partial charge in [0.05, 0.1) is 22.4 Å². The van der Waals surface area contributed by atoms with Crippen LogP contribution in [-0.4, -0.2) is 18.7 Å². The Kier molecular flexibility index (Phi) is 3.79. The summed E-state index contributed by atoms with van der Waals surface area (Å²) >= 11 is 0. The number of hydrogen-bond donors (Lipinski definition) is 0. The normalized spacial score (nSPS) is 14.1. The Bertz CT molecular complexity index is 1240. The van der Waals surface area contributed by atoms with Crippen molar-refractivity contribution in [1.82, 2.24) is 18.7 Å². The van der Waals surface area contributed by atoms with Crippen LogP contribution in [0.15, 0.2) is 53.3 Å². The fraction of sp³-hybridized carbons (Fsp3) is 0.304. The molecule has 5 nitrogen and oxygen atoms in total. The van der Waals surface area contributed by atoms with Gasteiger partial charge in [-0.1, -0.05) is 36.4 Å². The lowest BCUT2D eigenvalue weighted by Gasteiger charge is -2.12. The van der Waals surface area contributed by atoms with E-state index in [4.69, 9.17) is 4.98 Å². The second-order valence-electron chi connectivity index (χ2n) is 7.84. The van der Waals surface area contributed by atoms with Gasteiger partial charge in [-0.05, 0) is 37.5 Å². The first-order valence-corrected chi connectivity index (χ1v) is 9.81. The largest absolute Gasteiger partial charge is 0.328 e. The van der Waals surface area contributed by atoms with Crippen LogP contribution in [0.25, 0.3) is 22.3 Å². The number of nitrogens with zero attached hydrogens (tertiary/aromatic N) is 4. The minimum atomic E-state index is 0.00644. The molecule has 1 saturated carbocycles. The van der Waals surface area contributed by atoms with Crippen LogP contribution in [0.3, 0.4) is 0 Å². The van der Waals surface area contributed by atoms with E-state index in [0.717, 1.165) is 23.4 Å². The Morgan fingerprint density at radius 2 is 1.71 bits per heavy atom. The molecule has 0 N–H and O–H groups in total. The van der Waals surface area contributed by atoms with E-state index in [1.54, 1.807) is 9.13 Å². The molecule has 0 atom stereocenters. The Morgan fingerprint density at radius 3 is 2.43 bits per heavy atom. The summed E-state index contributed by atoms with van der Waals surface area (Å²) in [5, 5.41) is 0. The highest BCUT2D eigenvalue weighted by Gasteiger charge is 2.31. The van der Waals surface area contributed by atoms with E-state index in [0.29, 0.717) is 5.92 Å². The molecule has 142 valence electrons. The van der Waals surface area contributed by atoms with E-state index in [9.17, 15) is 4.79 Å². The van der Waals surface area contributed by atoms with Crippen molar-refractivity contribution in [2.75, 3.05) is 0 Å². The maximum absolute atomic E-state index is 12.2. The highest BCUT2D eigenvalue weighted by atomic mass is 16.1. The third kappa shape index (κ3) is 2.61. The van der Waals surface area contributed by atoms with Gasteiger partial charge in [-0.15, -0.1) is 0 Å². The predicted molar refractivity (Wildman–Crippen MR) is 112 cm³/mol. The summed E-state index contributed by atoms with van der Waals surface area (Å²) < 4.78 is 5.74. The van der Waals surface area contributed by atoms with Gasteiger partial charge in [-0.3, -0.25) is 9.13 Å². The monoisotopic (exact) mass is 372 g/mol. The lowest BCUT2D eigenvalue weighted by molar-refractivity contribution is 0.768. The fourth-order valence-electron chi connectivity index (χ4n) is 4.16. The van der Waals surface area contributed by atoms with Gasteiger partial charge >= 0.3 is 5.69 Å². The van der Waals surface area contributed by atoms with Gasteiger partial charge in [-0.2, -0.15) is 0 Å². The van der Waals surface area contributed by atoms with E-state index in [2.05, 4.69) is 54.0 Å². The first-order valence-electron chi connectivity index (χ1n) is 9.81. The second kappa shape index (κ2) is 6.23. The molecule has 28 heavy (non-hydrogen) atoms. The zero-order chi connectivity index (χ0) is 19.4. The van der Waals surface area contributed by atoms with Crippen molar-refractivity contribution in [2.24, 2.45) is 14.1 Å². The summed E-state index contributed by atoms with van der Waals surface area (Å²) in [4.78, 5) is 17.2. The molecular formula is C23H24N4O. The summed E-state index contributed by atoms with van der Waals surface area (Å²) in [5.41, 5.74) is 6.80. The Hall–Kier alpha value is -3.08. The second-order valence-corrected chi connectivity index (χ2v) is 7.84. The molecule has 0 saturated heterocycles. The Morgan fingerprint density at radius 1 is 1.00 bits per heavy atom. The zero-order valence-electron chi connectivity index (χ0n) is 16.5. The van der Waals surface area contributed by atoms with Crippen LogP contribution in [0.2, 0.25) is 0 Å². The molecule has 5 rings (SSSR count). The summed E-state index contributed by atoms with van der Waals surface area (Å²) in [6.07, 6.45) is 2.46. The molecule has 0 amide bonds. The number of benzene rings is 2. The summed E-state index contributed by atoms with van der Waals surface area (Å²) in [6, 6.07) is 16.9. The molecule has 0 unspecified atom stereocenters. The van der Waals surface area contributed by atoms with Crippen LogP contribution in [-0.2, 0) is 20.6 Å². The average Bonchev–Trinajstić information content (AvgIpc) is 3.48. The molecule has 2 aromatic carbocycles. The van der Waals surface area contributed by atoms with Crippen molar-refractivity contribution in [2.45, 2.75) is 32.2 Å². The standard InChI is InChI=1S/C23H24N4O/c1-15-24-21(17-10-11-17)22(18-7-5-4-6-8-18)27(15)14-16-9-12-19-20(13-16)26(3)23(28)25(19)2/h4-9,12-13,17H,10-11,14H2,1-3H3. The number of hydrogen-bond acceptors (Lipinski definition) is 2. The maximum atomic E-state index is 12.2. The molecule has 1 fully saturated rings. The SMILES string of the molecule is Cc1nc(C2CC2)c(-c2ccccc2)n1Cc1ccc2c(c1)n(C)c(=O)n2C. The maximum Gasteiger partial charge on any atom is 0.328 e. The predicted octanol–water partition coefficient (Wildman–Crippen LogP) is 3.97. The minimum Gasteiger partial charge on any atom is -0.324 e. The van der Waals surface area contributed by atoms with Crippen LogP contribution in [0, 0.1) is 6.92 Å². The van der Waals surface area contributed by atoms with Gasteiger partial charge < -0.3 is 4.57 Å². The zero-order valence-corrected chi connectivity index (χ0v) is 16.5. The Labute approximate surface area is 163 Å². The molecule has 0 spiro atoms. The van der Waals surface area contributed by atoms with Crippen LogP contribution in [0.5, 0.6) is 0 Å². The topological polar surface area (TPSA) is 44.8 Å². The molecule has 4 aromatic rings. The van der Waals surface area contributed by atoms with Crippen molar-refractivity contribution in [1.29, 1.82) is 0 Å². The third-order valence-electron chi connectivity index (χ3n) is 5.87. The molecule has 0 aliphatic heterocycles. The van der Waals surface area contributed by atoms with Gasteiger partial charge in [0, 0.05) is 32.1 Å². The first kappa shape index (κ1) is 17.0. The lowest BCUT2D eigenvalue weighted by atomic mass is 10.1. The van der Waals surface area contributed by atoms with Crippen LogP contribution >= 0.6 is 0 Å². The molecule has 1 aliphatic rings. The molecule has 5 heteroatoms. The number of rotatable bonds is 4. The minimum absolute atomic E-state index is 0.00644. The molecule has 1 aliphatic carbocycles. The van der Waals surface area contributed by atoms with Crippen molar-refractivity contribution in [3.8, 4) is 11.3 Å². The van der Waals surface area contributed by atoms with Crippen LogP contribution in [0.1, 0.15) is 35.8 Å².